The van der Waals surface area contributed by atoms with Crippen LogP contribution in [0.2, 0.25) is 10.0 Å². The van der Waals surface area contributed by atoms with Gasteiger partial charge in [-0.25, -0.2) is 9.67 Å². The van der Waals surface area contributed by atoms with Crippen molar-refractivity contribution >= 4 is 40.9 Å². The summed E-state index contributed by atoms with van der Waals surface area (Å²) >= 11 is 12.5. The van der Waals surface area contributed by atoms with E-state index in [1.807, 2.05) is 6.92 Å². The van der Waals surface area contributed by atoms with E-state index < -0.39 is 6.04 Å². The Morgan fingerprint density at radius 2 is 2.07 bits per heavy atom. The van der Waals surface area contributed by atoms with Gasteiger partial charge in [0.15, 0.2) is 0 Å². The molecule has 0 spiro atoms. The van der Waals surface area contributed by atoms with Gasteiger partial charge in [0.05, 0.1) is 5.57 Å². The molecule has 0 radical (unpaired) electrons. The molecule has 0 bridgehead atoms. The quantitative estimate of drug-likeness (QED) is 0.695. The topological polar surface area (TPSA) is 84.7 Å². The highest BCUT2D eigenvalue weighted by molar-refractivity contribution is 6.35. The Hall–Kier alpha value is -2.90. The number of fused-ring (bicyclic) bond motifs is 1. The second kappa shape index (κ2) is 7.02. The second-order valence-corrected chi connectivity index (χ2v) is 6.77. The van der Waals surface area contributed by atoms with Gasteiger partial charge in [0.25, 0.3) is 5.91 Å². The Bertz CT molecular complexity index is 1050. The smallest absolute Gasteiger partial charge is 0.257 e. The lowest BCUT2D eigenvalue weighted by molar-refractivity contribution is -0.113. The monoisotopic (exact) mass is 400 g/mol. The minimum Gasteiger partial charge on any atom is -0.328 e. The first kappa shape index (κ1) is 17.5. The van der Waals surface area contributed by atoms with Crippen LogP contribution in [0.5, 0.6) is 0 Å². The van der Waals surface area contributed by atoms with Crippen LogP contribution in [-0.2, 0) is 4.79 Å². The first-order valence-electron chi connectivity index (χ1n) is 8.09. The van der Waals surface area contributed by atoms with Crippen molar-refractivity contribution in [2.75, 3.05) is 10.6 Å². The van der Waals surface area contributed by atoms with Crippen LogP contribution in [0.1, 0.15) is 18.5 Å². The molecule has 0 unspecified atom stereocenters. The van der Waals surface area contributed by atoms with Crippen LogP contribution in [0, 0.1) is 0 Å². The van der Waals surface area contributed by atoms with Crippen LogP contribution in [0.3, 0.4) is 0 Å². The third kappa shape index (κ3) is 3.27. The van der Waals surface area contributed by atoms with Crippen LogP contribution in [0.4, 0.5) is 11.8 Å². The molecule has 27 heavy (non-hydrogen) atoms. The predicted molar refractivity (Wildman–Crippen MR) is 104 cm³/mol. The van der Waals surface area contributed by atoms with E-state index in [4.69, 9.17) is 23.2 Å². The summed E-state index contributed by atoms with van der Waals surface area (Å²) in [6.45, 7) is 1.81. The molecule has 1 atom stereocenters. The van der Waals surface area contributed by atoms with Crippen LogP contribution in [0.15, 0.2) is 60.2 Å². The number of hydrogen-bond acceptors (Lipinski definition) is 5. The molecular formula is C18H14Cl2N6O. The summed E-state index contributed by atoms with van der Waals surface area (Å²) in [5.74, 6) is 0.668. The zero-order valence-electron chi connectivity index (χ0n) is 14.1. The maximum absolute atomic E-state index is 13.1. The summed E-state index contributed by atoms with van der Waals surface area (Å²) in [4.78, 5) is 21.4. The SMILES string of the molecule is CC1=C(C(=O)Nc2ccccn2)[C@@H](c2ccc(Cl)cc2Cl)n2ncnc2N1. The summed E-state index contributed by atoms with van der Waals surface area (Å²) in [6, 6.07) is 9.89. The van der Waals surface area contributed by atoms with Crippen LogP contribution < -0.4 is 10.6 Å². The van der Waals surface area contributed by atoms with Crippen molar-refractivity contribution in [3.8, 4) is 0 Å². The van der Waals surface area contributed by atoms with Crippen molar-refractivity contribution in [1.82, 2.24) is 19.7 Å². The number of pyridine rings is 1. The molecule has 4 rings (SSSR count). The lowest BCUT2D eigenvalue weighted by Gasteiger charge is -2.29. The minimum atomic E-state index is -0.558. The zero-order valence-corrected chi connectivity index (χ0v) is 15.7. The van der Waals surface area contributed by atoms with Gasteiger partial charge in [-0.2, -0.15) is 10.1 Å². The number of nitrogens with one attached hydrogen (secondary N) is 2. The average molecular weight is 401 g/mol. The zero-order chi connectivity index (χ0) is 19.0. The highest BCUT2D eigenvalue weighted by atomic mass is 35.5. The van der Waals surface area contributed by atoms with Gasteiger partial charge in [0, 0.05) is 27.5 Å². The van der Waals surface area contributed by atoms with E-state index >= 15 is 0 Å². The molecule has 0 saturated carbocycles. The summed E-state index contributed by atoms with van der Waals surface area (Å²) < 4.78 is 1.62. The normalized spacial score (nSPS) is 15.9. The third-order valence-corrected chi connectivity index (χ3v) is 4.77. The fraction of sp³-hybridized carbons (Fsp3) is 0.111. The predicted octanol–water partition coefficient (Wildman–Crippen LogP) is 3.91. The van der Waals surface area contributed by atoms with Gasteiger partial charge in [0.1, 0.15) is 18.2 Å². The molecule has 0 aliphatic carbocycles. The molecule has 0 fully saturated rings. The van der Waals surface area contributed by atoms with E-state index in [2.05, 4.69) is 25.7 Å². The molecule has 7 nitrogen and oxygen atoms in total. The number of rotatable bonds is 3. The molecule has 136 valence electrons. The van der Waals surface area contributed by atoms with Gasteiger partial charge >= 0.3 is 0 Å². The van der Waals surface area contributed by atoms with Crippen molar-refractivity contribution in [2.24, 2.45) is 0 Å². The van der Waals surface area contributed by atoms with E-state index in [0.29, 0.717) is 38.6 Å². The molecule has 3 heterocycles. The number of benzene rings is 1. The van der Waals surface area contributed by atoms with Gasteiger partial charge in [0.2, 0.25) is 5.95 Å². The Kier molecular flexibility index (Phi) is 4.55. The van der Waals surface area contributed by atoms with Gasteiger partial charge < -0.3 is 10.6 Å². The number of amides is 1. The van der Waals surface area contributed by atoms with Crippen molar-refractivity contribution < 1.29 is 4.79 Å². The second-order valence-electron chi connectivity index (χ2n) is 5.93. The van der Waals surface area contributed by atoms with Gasteiger partial charge in [-0.3, -0.25) is 4.79 Å². The number of anilines is 2. The first-order valence-corrected chi connectivity index (χ1v) is 8.85. The van der Waals surface area contributed by atoms with Gasteiger partial charge in [-0.05, 0) is 31.2 Å². The minimum absolute atomic E-state index is 0.309. The maximum Gasteiger partial charge on any atom is 0.257 e. The highest BCUT2D eigenvalue weighted by Crippen LogP contribution is 2.38. The number of carbonyl (C=O) groups excluding carboxylic acids is 1. The van der Waals surface area contributed by atoms with Crippen LogP contribution in [-0.4, -0.2) is 25.7 Å². The van der Waals surface area contributed by atoms with Crippen molar-refractivity contribution in [1.29, 1.82) is 0 Å². The molecule has 1 aromatic carbocycles. The molecule has 1 aliphatic rings. The number of aromatic nitrogens is 4. The lowest BCUT2D eigenvalue weighted by atomic mass is 9.95. The summed E-state index contributed by atoms with van der Waals surface area (Å²) in [6.07, 6.45) is 3.03. The Labute approximate surface area is 165 Å². The Morgan fingerprint density at radius 3 is 2.81 bits per heavy atom. The fourth-order valence-electron chi connectivity index (χ4n) is 3.02. The van der Waals surface area contributed by atoms with Crippen molar-refractivity contribution in [3.63, 3.8) is 0 Å². The number of hydrogen-bond donors (Lipinski definition) is 2. The average Bonchev–Trinajstić information content (AvgIpc) is 3.09. The molecule has 2 aromatic heterocycles. The summed E-state index contributed by atoms with van der Waals surface area (Å²) in [7, 11) is 0. The molecule has 0 saturated heterocycles. The number of carbonyl (C=O) groups is 1. The van der Waals surface area contributed by atoms with E-state index in [1.165, 1.54) is 6.33 Å². The molecule has 1 amide bonds. The summed E-state index contributed by atoms with van der Waals surface area (Å²) in [5.41, 5.74) is 1.81. The van der Waals surface area contributed by atoms with E-state index in [-0.39, 0.29) is 5.91 Å². The molecular weight excluding hydrogens is 387 g/mol. The molecule has 3 aromatic rings. The number of halogens is 2. The summed E-state index contributed by atoms with van der Waals surface area (Å²) in [5, 5.41) is 11.1. The molecule has 2 N–H and O–H groups in total. The van der Waals surface area contributed by atoms with E-state index in [1.54, 1.807) is 47.3 Å². The maximum atomic E-state index is 13.1. The number of allylic oxidation sites excluding steroid dienone is 1. The van der Waals surface area contributed by atoms with E-state index in [9.17, 15) is 4.79 Å². The number of nitrogens with zero attached hydrogens (tertiary/aromatic N) is 4. The largest absolute Gasteiger partial charge is 0.328 e. The Balaban J connectivity index is 1.81. The van der Waals surface area contributed by atoms with Crippen LogP contribution in [0.25, 0.3) is 0 Å². The van der Waals surface area contributed by atoms with Crippen molar-refractivity contribution in [3.05, 3.63) is 75.8 Å². The van der Waals surface area contributed by atoms with Gasteiger partial charge in [-0.1, -0.05) is 35.3 Å². The highest BCUT2D eigenvalue weighted by Gasteiger charge is 2.34. The Morgan fingerprint density at radius 1 is 1.22 bits per heavy atom. The standard InChI is InChI=1S/C18H14Cl2N6O/c1-10-15(17(27)25-14-4-2-3-7-21-14)16(26-18(24-10)22-9-23-26)12-6-5-11(19)8-13(12)20/h2-9,16H,1H3,(H,21,25,27)(H,22,23,24)/t16-/m1/s1. The molecule has 1 aliphatic heterocycles. The van der Waals surface area contributed by atoms with Crippen LogP contribution >= 0.6 is 23.2 Å². The third-order valence-electron chi connectivity index (χ3n) is 4.20. The first-order chi connectivity index (χ1) is 13.0. The lowest BCUT2D eigenvalue weighted by Crippen LogP contribution is -2.31. The molecule has 9 heteroatoms. The van der Waals surface area contributed by atoms with Crippen molar-refractivity contribution in [2.45, 2.75) is 13.0 Å². The van der Waals surface area contributed by atoms with E-state index in [0.717, 1.165) is 0 Å². The fourth-order valence-corrected chi connectivity index (χ4v) is 3.53. The van der Waals surface area contributed by atoms with Gasteiger partial charge in [-0.15, -0.1) is 0 Å².